The third-order valence-corrected chi connectivity index (χ3v) is 11.0. The highest BCUT2D eigenvalue weighted by molar-refractivity contribution is 6.28. The van der Waals surface area contributed by atoms with Crippen LogP contribution in [0.15, 0.2) is 163 Å². The molecule has 1 nitrogen and oxygen atoms in total. The zero-order valence-electron chi connectivity index (χ0n) is 26.7. The second-order valence-corrected chi connectivity index (χ2v) is 13.4. The van der Waals surface area contributed by atoms with Crippen molar-refractivity contribution < 1.29 is 0 Å². The summed E-state index contributed by atoms with van der Waals surface area (Å²) in [6.45, 7) is 0. The van der Waals surface area contributed by atoms with Crippen molar-refractivity contribution >= 4 is 48.9 Å². The fourth-order valence-electron chi connectivity index (χ4n) is 8.96. The normalized spacial score (nSPS) is 18.6. The molecule has 48 heavy (non-hydrogen) atoms. The molecule has 2 aliphatic carbocycles. The molecule has 0 amide bonds. The first-order chi connectivity index (χ1) is 23.8. The van der Waals surface area contributed by atoms with E-state index < -0.39 is 5.41 Å². The molecule has 1 heteroatoms. The molecule has 0 fully saturated rings. The minimum Gasteiger partial charge on any atom is -0.337 e. The Morgan fingerprint density at radius 1 is 0.562 bits per heavy atom. The number of hydrogen-bond donors (Lipinski definition) is 0. The molecule has 0 spiro atoms. The Hall–Kier alpha value is -5.84. The predicted molar refractivity (Wildman–Crippen MR) is 201 cm³/mol. The first-order valence-electron chi connectivity index (χ1n) is 17.1. The van der Waals surface area contributed by atoms with E-state index in [1.807, 2.05) is 0 Å². The summed E-state index contributed by atoms with van der Waals surface area (Å²) in [7, 11) is 0. The summed E-state index contributed by atoms with van der Waals surface area (Å²) in [5, 5.41) is 7.99. The van der Waals surface area contributed by atoms with Crippen LogP contribution in [-0.2, 0) is 5.41 Å². The van der Waals surface area contributed by atoms with Crippen molar-refractivity contribution in [2.45, 2.75) is 30.7 Å². The molecule has 0 saturated carbocycles. The number of fused-ring (bicyclic) bond motifs is 9. The Balaban J connectivity index is 1.22. The van der Waals surface area contributed by atoms with E-state index in [0.29, 0.717) is 6.04 Å². The van der Waals surface area contributed by atoms with Crippen LogP contribution >= 0.6 is 0 Å². The fourth-order valence-corrected chi connectivity index (χ4v) is 8.96. The third kappa shape index (κ3) is 3.87. The van der Waals surface area contributed by atoms with Crippen LogP contribution in [0.4, 0.5) is 0 Å². The minimum absolute atomic E-state index is 0.327. The van der Waals surface area contributed by atoms with Gasteiger partial charge in [0.15, 0.2) is 0 Å². The summed E-state index contributed by atoms with van der Waals surface area (Å²) in [5.74, 6) is 7.55. The van der Waals surface area contributed by atoms with Crippen LogP contribution in [0.25, 0.3) is 48.9 Å². The van der Waals surface area contributed by atoms with Crippen LogP contribution in [0.1, 0.15) is 47.6 Å². The maximum absolute atomic E-state index is 3.92. The van der Waals surface area contributed by atoms with Gasteiger partial charge < -0.3 is 4.57 Å². The summed E-state index contributed by atoms with van der Waals surface area (Å²) in [4.78, 5) is 0. The van der Waals surface area contributed by atoms with E-state index in [4.69, 9.17) is 0 Å². The summed E-state index contributed by atoms with van der Waals surface area (Å²) in [6, 6.07) is 58.0. The SMILES string of the molecule is C(#CC1(c2ccccc2)C2=C(CC(n3c4ccc5ccccc5c4c4c5ccccc5ccc43)CC2)c2ccccc21)c1ccccc1. The second-order valence-electron chi connectivity index (χ2n) is 13.4. The van der Waals surface area contributed by atoms with Crippen LogP contribution in [0.2, 0.25) is 0 Å². The molecule has 8 aromatic rings. The van der Waals surface area contributed by atoms with E-state index in [1.165, 1.54) is 71.2 Å². The van der Waals surface area contributed by atoms with Crippen molar-refractivity contribution in [2.24, 2.45) is 0 Å². The van der Waals surface area contributed by atoms with Gasteiger partial charge >= 0.3 is 0 Å². The summed E-state index contributed by atoms with van der Waals surface area (Å²) >= 11 is 0. The highest BCUT2D eigenvalue weighted by Crippen LogP contribution is 2.57. The predicted octanol–water partition coefficient (Wildman–Crippen LogP) is 11.6. The van der Waals surface area contributed by atoms with Crippen molar-refractivity contribution in [3.8, 4) is 11.8 Å². The Bertz CT molecular complexity index is 2550. The van der Waals surface area contributed by atoms with Gasteiger partial charge in [-0.2, -0.15) is 0 Å². The van der Waals surface area contributed by atoms with Gasteiger partial charge in [-0.3, -0.25) is 0 Å². The lowest BCUT2D eigenvalue weighted by Crippen LogP contribution is -2.28. The van der Waals surface area contributed by atoms with Crippen LogP contribution in [0.5, 0.6) is 0 Å². The first-order valence-corrected chi connectivity index (χ1v) is 17.1. The van der Waals surface area contributed by atoms with Gasteiger partial charge in [0.1, 0.15) is 5.41 Å². The quantitative estimate of drug-likeness (QED) is 0.171. The van der Waals surface area contributed by atoms with E-state index in [2.05, 4.69) is 174 Å². The van der Waals surface area contributed by atoms with Crippen molar-refractivity contribution in [3.05, 3.63) is 186 Å². The minimum atomic E-state index is -0.471. The van der Waals surface area contributed by atoms with E-state index in [9.17, 15) is 0 Å². The van der Waals surface area contributed by atoms with Crippen LogP contribution in [0, 0.1) is 11.8 Å². The molecule has 10 rings (SSSR count). The molecule has 2 aliphatic rings. The smallest absolute Gasteiger partial charge is 0.104 e. The van der Waals surface area contributed by atoms with Crippen LogP contribution < -0.4 is 0 Å². The molecule has 0 radical (unpaired) electrons. The molecular formula is C47H33N. The van der Waals surface area contributed by atoms with Crippen molar-refractivity contribution in [1.29, 1.82) is 0 Å². The summed E-state index contributed by atoms with van der Waals surface area (Å²) in [5.41, 5.74) is 10.1. The van der Waals surface area contributed by atoms with E-state index in [0.717, 1.165) is 24.8 Å². The van der Waals surface area contributed by atoms with Gasteiger partial charge in [-0.1, -0.05) is 145 Å². The summed E-state index contributed by atoms with van der Waals surface area (Å²) in [6.07, 6.45) is 3.04. The van der Waals surface area contributed by atoms with Gasteiger partial charge in [0, 0.05) is 22.4 Å². The Kier molecular flexibility index (Phi) is 6.02. The molecule has 2 unspecified atom stereocenters. The van der Waals surface area contributed by atoms with Crippen molar-refractivity contribution in [2.75, 3.05) is 0 Å². The number of rotatable bonds is 2. The Morgan fingerprint density at radius 3 is 1.83 bits per heavy atom. The maximum Gasteiger partial charge on any atom is 0.104 e. The molecule has 226 valence electrons. The summed E-state index contributed by atoms with van der Waals surface area (Å²) < 4.78 is 2.69. The van der Waals surface area contributed by atoms with Gasteiger partial charge in [-0.05, 0) is 92.9 Å². The monoisotopic (exact) mass is 611 g/mol. The molecule has 0 saturated heterocycles. The third-order valence-electron chi connectivity index (χ3n) is 11.0. The van der Waals surface area contributed by atoms with E-state index in [-0.39, 0.29) is 0 Å². The maximum atomic E-state index is 3.92. The molecule has 2 atom stereocenters. The lowest BCUT2D eigenvalue weighted by atomic mass is 9.69. The van der Waals surface area contributed by atoms with Gasteiger partial charge in [0.2, 0.25) is 0 Å². The second kappa shape index (κ2) is 10.6. The Morgan fingerprint density at radius 2 is 1.15 bits per heavy atom. The standard InChI is InChI=1S/C47H33N/c1-3-13-32(14-4-1)29-30-47(35-17-5-2-6-18-35)41-22-12-11-21-39(41)40-31-36(25-26-42(40)47)48-43-27-23-33-15-7-9-19-37(33)45(43)46-38-20-10-8-16-34(38)24-28-44(46)48/h1-24,27-28,36H,25-26,31H2. The fraction of sp³-hybridized carbons (Fsp3) is 0.106. The largest absolute Gasteiger partial charge is 0.337 e. The van der Waals surface area contributed by atoms with Gasteiger partial charge in [-0.15, -0.1) is 0 Å². The van der Waals surface area contributed by atoms with Crippen LogP contribution in [-0.4, -0.2) is 4.57 Å². The molecule has 7 aromatic carbocycles. The topological polar surface area (TPSA) is 4.93 Å². The molecule has 0 bridgehead atoms. The molecule has 0 N–H and O–H groups in total. The lowest BCUT2D eigenvalue weighted by Gasteiger charge is -2.34. The highest BCUT2D eigenvalue weighted by Gasteiger charge is 2.47. The van der Waals surface area contributed by atoms with E-state index >= 15 is 0 Å². The molecular weight excluding hydrogens is 579 g/mol. The number of allylic oxidation sites excluding steroid dienone is 2. The van der Waals surface area contributed by atoms with Crippen molar-refractivity contribution in [3.63, 3.8) is 0 Å². The molecule has 1 heterocycles. The lowest BCUT2D eigenvalue weighted by molar-refractivity contribution is 0.475. The Labute approximate surface area is 280 Å². The van der Waals surface area contributed by atoms with Crippen LogP contribution in [0.3, 0.4) is 0 Å². The highest BCUT2D eigenvalue weighted by atomic mass is 15.0. The molecule has 1 aromatic heterocycles. The average molecular weight is 612 g/mol. The van der Waals surface area contributed by atoms with Gasteiger partial charge in [0.05, 0.1) is 11.0 Å². The number of hydrogen-bond acceptors (Lipinski definition) is 0. The van der Waals surface area contributed by atoms with Gasteiger partial charge in [0.25, 0.3) is 0 Å². The first kappa shape index (κ1) is 27.3. The van der Waals surface area contributed by atoms with Crippen molar-refractivity contribution in [1.82, 2.24) is 4.57 Å². The molecule has 0 aliphatic heterocycles. The average Bonchev–Trinajstić information content (AvgIpc) is 3.66. The van der Waals surface area contributed by atoms with E-state index in [1.54, 1.807) is 0 Å². The number of aromatic nitrogens is 1. The zero-order chi connectivity index (χ0) is 31.7. The number of benzene rings is 7. The zero-order valence-corrected chi connectivity index (χ0v) is 26.7. The number of nitrogens with zero attached hydrogens (tertiary/aromatic N) is 1. The van der Waals surface area contributed by atoms with Gasteiger partial charge in [-0.25, -0.2) is 0 Å².